The first-order chi connectivity index (χ1) is 15.5. The molecule has 0 spiro atoms. The summed E-state index contributed by atoms with van der Waals surface area (Å²) in [6.07, 6.45) is 2.96. The summed E-state index contributed by atoms with van der Waals surface area (Å²) in [6, 6.07) is 22.2. The average Bonchev–Trinajstić information content (AvgIpc) is 3.18. The largest absolute Gasteiger partial charge is 0.497 e. The van der Waals surface area contributed by atoms with Gasteiger partial charge >= 0.3 is 0 Å². The maximum atomic E-state index is 12.7. The second-order valence-corrected chi connectivity index (χ2v) is 8.71. The van der Waals surface area contributed by atoms with Gasteiger partial charge in [-0.1, -0.05) is 54.6 Å². The Labute approximate surface area is 189 Å². The van der Waals surface area contributed by atoms with Gasteiger partial charge < -0.3 is 15.4 Å². The number of rotatable bonds is 8. The maximum absolute atomic E-state index is 12.7. The van der Waals surface area contributed by atoms with Gasteiger partial charge in [-0.05, 0) is 60.2 Å². The topological polar surface area (TPSA) is 67.4 Å². The number of hydrogen-bond donors (Lipinski definition) is 2. The lowest BCUT2D eigenvalue weighted by Gasteiger charge is -2.30. The lowest BCUT2D eigenvalue weighted by Crippen LogP contribution is -2.44. The first-order valence-corrected chi connectivity index (χ1v) is 11.2. The van der Waals surface area contributed by atoms with Crippen molar-refractivity contribution in [1.82, 2.24) is 10.6 Å². The van der Waals surface area contributed by atoms with Gasteiger partial charge in [-0.3, -0.25) is 9.59 Å². The molecule has 1 unspecified atom stereocenters. The summed E-state index contributed by atoms with van der Waals surface area (Å²) < 4.78 is 5.20. The molecule has 5 nitrogen and oxygen atoms in total. The molecule has 1 aliphatic heterocycles. The highest BCUT2D eigenvalue weighted by molar-refractivity contribution is 5.86. The summed E-state index contributed by atoms with van der Waals surface area (Å²) in [5.74, 6) is 0.851. The first-order valence-electron chi connectivity index (χ1n) is 11.2. The molecular formula is C27H30N2O3. The van der Waals surface area contributed by atoms with E-state index >= 15 is 0 Å². The second-order valence-electron chi connectivity index (χ2n) is 8.71. The van der Waals surface area contributed by atoms with Gasteiger partial charge in [0.1, 0.15) is 5.75 Å². The van der Waals surface area contributed by atoms with Crippen LogP contribution >= 0.6 is 0 Å². The molecule has 1 fully saturated rings. The zero-order chi connectivity index (χ0) is 22.6. The SMILES string of the molecule is COc1ccc([C@@H](C)NC(=O)CCC2(Cc3cccc4ccccc34)CCC(=O)N2)cc1. The van der Waals surface area contributed by atoms with Gasteiger partial charge in [-0.15, -0.1) is 0 Å². The van der Waals surface area contributed by atoms with E-state index in [9.17, 15) is 9.59 Å². The third-order valence-electron chi connectivity index (χ3n) is 6.47. The van der Waals surface area contributed by atoms with Crippen LogP contribution in [0, 0.1) is 0 Å². The van der Waals surface area contributed by atoms with Crippen molar-refractivity contribution in [2.75, 3.05) is 7.11 Å². The fraction of sp³-hybridized carbons (Fsp3) is 0.333. The van der Waals surface area contributed by atoms with Crippen molar-refractivity contribution in [2.24, 2.45) is 0 Å². The first kappa shape index (κ1) is 21.9. The van der Waals surface area contributed by atoms with E-state index in [0.717, 1.165) is 24.2 Å². The van der Waals surface area contributed by atoms with E-state index in [1.807, 2.05) is 43.3 Å². The summed E-state index contributed by atoms with van der Waals surface area (Å²) in [5.41, 5.74) is 1.85. The van der Waals surface area contributed by atoms with Crippen LogP contribution in [0.5, 0.6) is 5.75 Å². The van der Waals surface area contributed by atoms with Crippen molar-refractivity contribution in [3.63, 3.8) is 0 Å². The number of carbonyl (C=O) groups is 2. The Balaban J connectivity index is 1.43. The van der Waals surface area contributed by atoms with Gasteiger partial charge in [0.2, 0.25) is 11.8 Å². The second kappa shape index (κ2) is 9.43. The molecular weight excluding hydrogens is 400 g/mol. The van der Waals surface area contributed by atoms with Gasteiger partial charge in [0.25, 0.3) is 0 Å². The molecule has 4 rings (SSSR count). The van der Waals surface area contributed by atoms with E-state index in [4.69, 9.17) is 4.74 Å². The van der Waals surface area contributed by atoms with Crippen LogP contribution in [0.2, 0.25) is 0 Å². The van der Waals surface area contributed by atoms with Gasteiger partial charge in [-0.2, -0.15) is 0 Å². The quantitative estimate of drug-likeness (QED) is 0.544. The number of fused-ring (bicyclic) bond motifs is 1. The van der Waals surface area contributed by atoms with Gasteiger partial charge in [0.05, 0.1) is 13.2 Å². The molecule has 166 valence electrons. The summed E-state index contributed by atoms with van der Waals surface area (Å²) in [6.45, 7) is 1.98. The molecule has 5 heteroatoms. The number of amides is 2. The monoisotopic (exact) mass is 430 g/mol. The molecule has 0 aliphatic carbocycles. The van der Waals surface area contributed by atoms with Crippen LogP contribution in [0.3, 0.4) is 0 Å². The predicted octanol–water partition coefficient (Wildman–Crippen LogP) is 4.70. The normalized spacial score (nSPS) is 18.9. The summed E-state index contributed by atoms with van der Waals surface area (Å²) >= 11 is 0. The smallest absolute Gasteiger partial charge is 0.220 e. The maximum Gasteiger partial charge on any atom is 0.220 e. The standard InChI is InChI=1S/C27H30N2O3/c1-19(20-10-12-23(32-2)13-11-20)28-25(30)14-16-27(17-15-26(31)29-27)18-22-8-5-7-21-6-3-4-9-24(21)22/h3-13,19H,14-18H2,1-2H3,(H,28,30)(H,29,31)/t19-,27?/m1/s1. The summed E-state index contributed by atoms with van der Waals surface area (Å²) in [7, 11) is 1.64. The highest BCUT2D eigenvalue weighted by Gasteiger charge is 2.38. The van der Waals surface area contributed by atoms with Crippen molar-refractivity contribution in [2.45, 2.75) is 50.6 Å². The Hall–Kier alpha value is -3.34. The predicted molar refractivity (Wildman–Crippen MR) is 127 cm³/mol. The molecule has 3 aromatic carbocycles. The van der Waals surface area contributed by atoms with Gasteiger partial charge in [0.15, 0.2) is 0 Å². The van der Waals surface area contributed by atoms with Crippen LogP contribution in [0.4, 0.5) is 0 Å². The van der Waals surface area contributed by atoms with Gasteiger partial charge in [0, 0.05) is 18.4 Å². The molecule has 0 aromatic heterocycles. The Bertz CT molecular complexity index is 1100. The molecule has 0 bridgehead atoms. The van der Waals surface area contributed by atoms with Gasteiger partial charge in [-0.25, -0.2) is 0 Å². The van der Waals surface area contributed by atoms with Crippen LogP contribution in [-0.2, 0) is 16.0 Å². The van der Waals surface area contributed by atoms with Crippen molar-refractivity contribution in [3.8, 4) is 5.75 Å². The number of benzene rings is 3. The molecule has 0 radical (unpaired) electrons. The molecule has 2 N–H and O–H groups in total. The van der Waals surface area contributed by atoms with Crippen LogP contribution in [0.25, 0.3) is 10.8 Å². The molecule has 2 amide bonds. The van der Waals surface area contributed by atoms with E-state index in [1.165, 1.54) is 16.3 Å². The van der Waals surface area contributed by atoms with Crippen LogP contribution in [-0.4, -0.2) is 24.5 Å². The third kappa shape index (κ3) is 4.93. The molecule has 1 heterocycles. The van der Waals surface area contributed by atoms with E-state index < -0.39 is 0 Å². The van der Waals surface area contributed by atoms with E-state index in [1.54, 1.807) is 7.11 Å². The zero-order valence-electron chi connectivity index (χ0n) is 18.7. The minimum Gasteiger partial charge on any atom is -0.497 e. The average molecular weight is 431 g/mol. The Kier molecular flexibility index (Phi) is 6.45. The van der Waals surface area contributed by atoms with Crippen molar-refractivity contribution >= 4 is 22.6 Å². The minimum atomic E-state index is -0.387. The van der Waals surface area contributed by atoms with Crippen molar-refractivity contribution < 1.29 is 14.3 Å². The fourth-order valence-corrected chi connectivity index (χ4v) is 4.64. The molecule has 3 aromatic rings. The number of methoxy groups -OCH3 is 1. The fourth-order valence-electron chi connectivity index (χ4n) is 4.64. The number of hydrogen-bond acceptors (Lipinski definition) is 3. The van der Waals surface area contributed by atoms with Crippen LogP contribution in [0.15, 0.2) is 66.7 Å². The Morgan fingerprint density at radius 3 is 2.56 bits per heavy atom. The highest BCUT2D eigenvalue weighted by atomic mass is 16.5. The van der Waals surface area contributed by atoms with Crippen LogP contribution in [0.1, 0.15) is 49.8 Å². The lowest BCUT2D eigenvalue weighted by atomic mass is 9.83. The Morgan fingerprint density at radius 1 is 1.09 bits per heavy atom. The summed E-state index contributed by atoms with van der Waals surface area (Å²) in [5, 5.41) is 8.68. The number of ether oxygens (including phenoxy) is 1. The van der Waals surface area contributed by atoms with E-state index in [-0.39, 0.29) is 23.4 Å². The molecule has 0 saturated carbocycles. The summed E-state index contributed by atoms with van der Waals surface area (Å²) in [4.78, 5) is 24.9. The third-order valence-corrected chi connectivity index (χ3v) is 6.47. The minimum absolute atomic E-state index is 0.00763. The number of carbonyl (C=O) groups excluding carboxylic acids is 2. The van der Waals surface area contributed by atoms with Crippen molar-refractivity contribution in [3.05, 3.63) is 77.9 Å². The lowest BCUT2D eigenvalue weighted by molar-refractivity contribution is -0.123. The Morgan fingerprint density at radius 2 is 1.84 bits per heavy atom. The van der Waals surface area contributed by atoms with E-state index in [2.05, 4.69) is 41.0 Å². The highest BCUT2D eigenvalue weighted by Crippen LogP contribution is 2.32. The van der Waals surface area contributed by atoms with E-state index in [0.29, 0.717) is 19.3 Å². The number of nitrogens with one attached hydrogen (secondary N) is 2. The van der Waals surface area contributed by atoms with Crippen LogP contribution < -0.4 is 15.4 Å². The molecule has 2 atom stereocenters. The molecule has 1 aliphatic rings. The molecule has 32 heavy (non-hydrogen) atoms. The zero-order valence-corrected chi connectivity index (χ0v) is 18.7. The van der Waals surface area contributed by atoms with Crippen molar-refractivity contribution in [1.29, 1.82) is 0 Å². The molecule has 1 saturated heterocycles.